The first-order valence-electron chi connectivity index (χ1n) is 13.9. The van der Waals surface area contributed by atoms with Crippen molar-refractivity contribution in [3.05, 3.63) is 108 Å². The normalized spacial score (nSPS) is 16.9. The maximum Gasteiger partial charge on any atom is 0.475 e. The minimum Gasteiger partial charge on any atom is -0.460 e. The van der Waals surface area contributed by atoms with Gasteiger partial charge in [0.2, 0.25) is 0 Å². The van der Waals surface area contributed by atoms with E-state index in [1.807, 2.05) is 91.0 Å². The fourth-order valence-corrected chi connectivity index (χ4v) is 6.32. The second kappa shape index (κ2) is 17.4. The zero-order valence-electron chi connectivity index (χ0n) is 23.4. The van der Waals surface area contributed by atoms with Gasteiger partial charge in [-0.1, -0.05) is 91.0 Å². The molecule has 0 amide bonds. The summed E-state index contributed by atoms with van der Waals surface area (Å²) in [7, 11) is -5.73. The van der Waals surface area contributed by atoms with Crippen molar-refractivity contribution in [1.82, 2.24) is 0 Å². The third kappa shape index (κ3) is 11.9. The molecule has 11 heteroatoms. The first-order chi connectivity index (χ1) is 20.5. The minimum atomic E-state index is -4.08. The number of hydrogen-bond acceptors (Lipinski definition) is 9. The van der Waals surface area contributed by atoms with Crippen molar-refractivity contribution >= 4 is 24.6 Å². The zero-order chi connectivity index (χ0) is 29.5. The second-order valence-electron chi connectivity index (χ2n) is 9.71. The Labute approximate surface area is 249 Å². The van der Waals surface area contributed by atoms with Gasteiger partial charge in [0.05, 0.1) is 31.7 Å². The van der Waals surface area contributed by atoms with Crippen LogP contribution in [0.1, 0.15) is 36.0 Å². The molecular weight excluding hydrogens is 579 g/mol. The Balaban J connectivity index is 1.37. The number of phosphoric ester groups is 1. The lowest BCUT2D eigenvalue weighted by atomic mass is 10.2. The van der Waals surface area contributed by atoms with Gasteiger partial charge in [-0.15, -0.1) is 0 Å². The van der Waals surface area contributed by atoms with Crippen LogP contribution in [-0.2, 0) is 67.8 Å². The number of esters is 1. The largest absolute Gasteiger partial charge is 0.475 e. The standard InChI is InChI=1S/C31H37O9PS/c32-30(36-20-26-12-4-1-5-13-26)25-42(34)24-29(40-31-18-10-11-19-35-31)23-39-41(33,37-21-27-14-6-2-7-15-27)38-22-28-16-8-3-9-17-28/h1-9,12-17,29,31H,10-11,18-25H2/t29-,31?,42?/m1/s1. The second-order valence-corrected chi connectivity index (χ2v) is 12.9. The maximum atomic E-state index is 13.7. The van der Waals surface area contributed by atoms with E-state index in [0.717, 1.165) is 29.5 Å². The van der Waals surface area contributed by atoms with Gasteiger partial charge in [0, 0.05) is 17.4 Å². The summed E-state index contributed by atoms with van der Waals surface area (Å²) in [6, 6.07) is 27.8. The van der Waals surface area contributed by atoms with Crippen LogP contribution < -0.4 is 0 Å². The van der Waals surface area contributed by atoms with Gasteiger partial charge in [-0.3, -0.25) is 22.6 Å². The highest BCUT2D eigenvalue weighted by Crippen LogP contribution is 2.51. The molecule has 0 bridgehead atoms. The Kier molecular flexibility index (Phi) is 13.4. The quantitative estimate of drug-likeness (QED) is 0.134. The number of phosphoric acid groups is 1. The van der Waals surface area contributed by atoms with E-state index in [4.69, 9.17) is 27.8 Å². The van der Waals surface area contributed by atoms with Crippen LogP contribution in [-0.4, -0.2) is 47.3 Å². The number of benzene rings is 3. The van der Waals surface area contributed by atoms with Gasteiger partial charge in [-0.2, -0.15) is 0 Å². The van der Waals surface area contributed by atoms with Crippen molar-refractivity contribution in [3.63, 3.8) is 0 Å². The van der Waals surface area contributed by atoms with E-state index in [1.54, 1.807) is 0 Å². The number of rotatable bonds is 17. The average molecular weight is 617 g/mol. The van der Waals surface area contributed by atoms with Crippen LogP contribution in [0, 0.1) is 0 Å². The van der Waals surface area contributed by atoms with E-state index in [9.17, 15) is 13.6 Å². The molecule has 1 aliphatic rings. The summed E-state index contributed by atoms with van der Waals surface area (Å²) in [4.78, 5) is 12.4. The summed E-state index contributed by atoms with van der Waals surface area (Å²) in [6.45, 7) is 0.404. The molecule has 0 aliphatic carbocycles. The van der Waals surface area contributed by atoms with Crippen LogP contribution >= 0.6 is 7.82 Å². The van der Waals surface area contributed by atoms with Gasteiger partial charge < -0.3 is 14.2 Å². The molecule has 3 aromatic rings. The van der Waals surface area contributed by atoms with E-state index in [1.165, 1.54) is 0 Å². The van der Waals surface area contributed by atoms with Crippen LogP contribution in [0.25, 0.3) is 0 Å². The molecule has 0 radical (unpaired) electrons. The van der Waals surface area contributed by atoms with Crippen LogP contribution in [0.2, 0.25) is 0 Å². The lowest BCUT2D eigenvalue weighted by Crippen LogP contribution is -2.35. The molecule has 226 valence electrons. The van der Waals surface area contributed by atoms with E-state index in [2.05, 4.69) is 0 Å². The number of carbonyl (C=O) groups is 1. The first-order valence-corrected chi connectivity index (χ1v) is 16.9. The topological polar surface area (TPSA) is 107 Å². The van der Waals surface area contributed by atoms with Crippen molar-refractivity contribution in [2.45, 2.75) is 51.5 Å². The summed E-state index contributed by atoms with van der Waals surface area (Å²) >= 11 is 0. The van der Waals surface area contributed by atoms with E-state index >= 15 is 0 Å². The Bertz CT molecular complexity index is 1220. The molecule has 0 aromatic heterocycles. The highest BCUT2D eigenvalue weighted by molar-refractivity contribution is 7.85. The smallest absolute Gasteiger partial charge is 0.460 e. The van der Waals surface area contributed by atoms with E-state index < -0.39 is 37.0 Å². The SMILES string of the molecule is O=C(CS(=O)C[C@@H](COP(=O)(OCc1ccccc1)OCc1ccccc1)OC1CCCCO1)OCc1ccccc1. The fraction of sp³-hybridized carbons (Fsp3) is 0.387. The van der Waals surface area contributed by atoms with Gasteiger partial charge in [-0.25, -0.2) is 4.57 Å². The van der Waals surface area contributed by atoms with Crippen molar-refractivity contribution in [2.24, 2.45) is 0 Å². The Morgan fingerprint density at radius 2 is 1.36 bits per heavy atom. The van der Waals surface area contributed by atoms with Gasteiger partial charge >= 0.3 is 13.8 Å². The lowest BCUT2D eigenvalue weighted by molar-refractivity contribution is -0.189. The highest BCUT2D eigenvalue weighted by Gasteiger charge is 2.31. The zero-order valence-corrected chi connectivity index (χ0v) is 25.1. The predicted molar refractivity (Wildman–Crippen MR) is 159 cm³/mol. The first kappa shape index (κ1) is 32.2. The molecule has 1 aliphatic heterocycles. The number of carbonyl (C=O) groups excluding carboxylic acids is 1. The van der Waals surface area contributed by atoms with Crippen LogP contribution in [0.4, 0.5) is 0 Å². The van der Waals surface area contributed by atoms with Crippen LogP contribution in [0.15, 0.2) is 91.0 Å². The summed E-state index contributed by atoms with van der Waals surface area (Å²) in [5, 5.41) is 0. The summed E-state index contributed by atoms with van der Waals surface area (Å²) in [5.41, 5.74) is 2.42. The third-order valence-corrected chi connectivity index (χ3v) is 8.92. The molecule has 1 heterocycles. The van der Waals surface area contributed by atoms with Crippen LogP contribution in [0.5, 0.6) is 0 Å². The van der Waals surface area contributed by atoms with Crippen molar-refractivity contribution < 1.29 is 41.4 Å². The van der Waals surface area contributed by atoms with Crippen molar-refractivity contribution in [2.75, 3.05) is 24.7 Å². The molecule has 9 nitrogen and oxygen atoms in total. The highest BCUT2D eigenvalue weighted by atomic mass is 32.2. The molecule has 1 saturated heterocycles. The Hall–Kier alpha value is -2.69. The number of ether oxygens (including phenoxy) is 3. The molecule has 0 saturated carbocycles. The summed E-state index contributed by atoms with van der Waals surface area (Å²) in [5.74, 6) is -0.962. The van der Waals surface area contributed by atoms with Gasteiger partial charge in [0.1, 0.15) is 12.4 Å². The average Bonchev–Trinajstić information content (AvgIpc) is 3.03. The molecule has 1 fully saturated rings. The molecule has 42 heavy (non-hydrogen) atoms. The van der Waals surface area contributed by atoms with Crippen molar-refractivity contribution in [1.29, 1.82) is 0 Å². The Morgan fingerprint density at radius 3 is 1.88 bits per heavy atom. The third-order valence-electron chi connectivity index (χ3n) is 6.26. The molecular formula is C31H37O9PS. The van der Waals surface area contributed by atoms with Crippen molar-refractivity contribution in [3.8, 4) is 0 Å². The minimum absolute atomic E-state index is 0.00333. The summed E-state index contributed by atoms with van der Waals surface area (Å²) < 4.78 is 60.9. The van der Waals surface area contributed by atoms with Gasteiger partial charge in [0.25, 0.3) is 0 Å². The van der Waals surface area contributed by atoms with Crippen LogP contribution in [0.3, 0.4) is 0 Å². The monoisotopic (exact) mass is 616 g/mol. The molecule has 4 rings (SSSR count). The Morgan fingerprint density at radius 1 is 0.810 bits per heavy atom. The molecule has 3 atom stereocenters. The molecule has 3 aromatic carbocycles. The van der Waals surface area contributed by atoms with E-state index in [0.29, 0.717) is 13.0 Å². The fourth-order valence-electron chi connectivity index (χ4n) is 4.08. The predicted octanol–water partition coefficient (Wildman–Crippen LogP) is 5.95. The lowest BCUT2D eigenvalue weighted by Gasteiger charge is -2.28. The van der Waals surface area contributed by atoms with Gasteiger partial charge in [-0.05, 0) is 36.0 Å². The molecule has 2 unspecified atom stereocenters. The van der Waals surface area contributed by atoms with Gasteiger partial charge in [0.15, 0.2) is 6.29 Å². The van der Waals surface area contributed by atoms with E-state index in [-0.39, 0.29) is 37.9 Å². The molecule has 0 spiro atoms. The number of hydrogen-bond donors (Lipinski definition) is 0. The maximum absolute atomic E-state index is 13.7. The molecule has 0 N–H and O–H groups in total. The summed E-state index contributed by atoms with van der Waals surface area (Å²) in [6.07, 6.45) is 1.19.